The molecule has 4 heteroatoms. The molecule has 4 nitrogen and oxygen atoms in total. The smallest absolute Gasteiger partial charge is 0.185 e. The molecule has 264 valence electrons. The average Bonchev–Trinajstić information content (AvgIpc) is 3.29. The number of rotatable bonds is 7. The number of hydrogen-bond donors (Lipinski definition) is 0. The number of ether oxygens (including phenoxy) is 1. The van der Waals surface area contributed by atoms with Crippen LogP contribution in [-0.2, 0) is 5.60 Å². The third-order valence-corrected chi connectivity index (χ3v) is 10.5. The standard InChI is InChI=1S/C52H35N3O/c1-6-18-36(19-7-1)40-32-41(37-20-8-2-9-21-37)34-42(33-40)51-54-49(38-22-10-3-11-23-38)53-50(55-51)39-30-31-48-46(35-39)45-28-16-17-29-47(45)52(56-48,43-24-12-4-13-25-43)44-26-14-5-15-27-44/h1-35H. The van der Waals surface area contributed by atoms with E-state index in [9.17, 15) is 0 Å². The van der Waals surface area contributed by atoms with Crippen LogP contribution in [0.4, 0.5) is 0 Å². The monoisotopic (exact) mass is 717 g/mol. The fourth-order valence-corrected chi connectivity index (χ4v) is 7.86. The summed E-state index contributed by atoms with van der Waals surface area (Å²) >= 11 is 0. The minimum absolute atomic E-state index is 0.587. The van der Waals surface area contributed by atoms with Gasteiger partial charge in [-0.25, -0.2) is 15.0 Å². The molecule has 0 saturated heterocycles. The van der Waals surface area contributed by atoms with Gasteiger partial charge in [0, 0.05) is 38.9 Å². The van der Waals surface area contributed by atoms with Crippen molar-refractivity contribution in [2.75, 3.05) is 0 Å². The molecule has 0 aliphatic carbocycles. The molecule has 0 radical (unpaired) electrons. The van der Waals surface area contributed by atoms with Crippen LogP contribution in [0, 0.1) is 0 Å². The minimum atomic E-state index is -0.839. The van der Waals surface area contributed by atoms with E-state index in [0.29, 0.717) is 17.5 Å². The largest absolute Gasteiger partial charge is 0.472 e. The first-order valence-electron chi connectivity index (χ1n) is 18.9. The third kappa shape index (κ3) is 5.94. The Bertz CT molecular complexity index is 2710. The quantitative estimate of drug-likeness (QED) is 0.165. The fraction of sp³-hybridized carbons (Fsp3) is 0.0192. The summed E-state index contributed by atoms with van der Waals surface area (Å²) in [5.74, 6) is 2.59. The van der Waals surface area contributed by atoms with E-state index in [1.54, 1.807) is 0 Å². The lowest BCUT2D eigenvalue weighted by Gasteiger charge is -2.41. The van der Waals surface area contributed by atoms with Crippen molar-refractivity contribution in [2.24, 2.45) is 0 Å². The maximum atomic E-state index is 7.25. The summed E-state index contributed by atoms with van der Waals surface area (Å²) < 4.78 is 7.25. The summed E-state index contributed by atoms with van der Waals surface area (Å²) in [7, 11) is 0. The van der Waals surface area contributed by atoms with Crippen molar-refractivity contribution in [2.45, 2.75) is 5.60 Å². The van der Waals surface area contributed by atoms with Gasteiger partial charge in [-0.05, 0) is 64.2 Å². The molecule has 0 fully saturated rings. The Kier molecular flexibility index (Phi) is 8.34. The van der Waals surface area contributed by atoms with Gasteiger partial charge in [-0.1, -0.05) is 176 Å². The highest BCUT2D eigenvalue weighted by molar-refractivity contribution is 5.84. The van der Waals surface area contributed by atoms with Crippen molar-refractivity contribution in [3.63, 3.8) is 0 Å². The van der Waals surface area contributed by atoms with Crippen LogP contribution in [0.1, 0.15) is 16.7 Å². The molecule has 0 N–H and O–H groups in total. The van der Waals surface area contributed by atoms with Crippen LogP contribution in [-0.4, -0.2) is 15.0 Å². The Hall–Kier alpha value is -7.43. The molecule has 2 heterocycles. The van der Waals surface area contributed by atoms with Crippen LogP contribution in [0.25, 0.3) is 67.5 Å². The number of nitrogens with zero attached hydrogens (tertiary/aromatic N) is 3. The molecular formula is C52H35N3O. The van der Waals surface area contributed by atoms with E-state index >= 15 is 0 Å². The lowest BCUT2D eigenvalue weighted by molar-refractivity contribution is 0.152. The lowest BCUT2D eigenvalue weighted by atomic mass is 9.75. The van der Waals surface area contributed by atoms with Gasteiger partial charge in [0.1, 0.15) is 5.75 Å². The lowest BCUT2D eigenvalue weighted by Crippen LogP contribution is -2.38. The predicted molar refractivity (Wildman–Crippen MR) is 226 cm³/mol. The molecule has 0 bridgehead atoms. The highest BCUT2D eigenvalue weighted by atomic mass is 16.5. The van der Waals surface area contributed by atoms with Gasteiger partial charge < -0.3 is 4.74 Å². The molecule has 0 saturated carbocycles. The summed E-state index contributed by atoms with van der Waals surface area (Å²) in [6.45, 7) is 0. The van der Waals surface area contributed by atoms with E-state index in [1.807, 2.05) is 54.6 Å². The van der Waals surface area contributed by atoms with Gasteiger partial charge in [0.15, 0.2) is 23.1 Å². The zero-order chi connectivity index (χ0) is 37.3. The van der Waals surface area contributed by atoms with E-state index in [4.69, 9.17) is 19.7 Å². The maximum absolute atomic E-state index is 7.25. The molecule has 1 aliphatic heterocycles. The van der Waals surface area contributed by atoms with Crippen molar-refractivity contribution in [1.82, 2.24) is 15.0 Å². The van der Waals surface area contributed by atoms with Gasteiger partial charge in [-0.3, -0.25) is 0 Å². The maximum Gasteiger partial charge on any atom is 0.185 e. The average molecular weight is 718 g/mol. The van der Waals surface area contributed by atoms with Crippen molar-refractivity contribution >= 4 is 0 Å². The molecule has 9 aromatic rings. The van der Waals surface area contributed by atoms with E-state index in [1.165, 1.54) is 0 Å². The molecule has 10 rings (SSSR count). The normalized spacial score (nSPS) is 12.6. The second-order valence-corrected chi connectivity index (χ2v) is 14.0. The van der Waals surface area contributed by atoms with Crippen molar-refractivity contribution in [1.29, 1.82) is 0 Å². The van der Waals surface area contributed by atoms with Crippen LogP contribution in [0.2, 0.25) is 0 Å². The fourth-order valence-electron chi connectivity index (χ4n) is 7.86. The highest BCUT2D eigenvalue weighted by Crippen LogP contribution is 2.52. The molecule has 56 heavy (non-hydrogen) atoms. The van der Waals surface area contributed by atoms with Crippen molar-refractivity contribution in [3.8, 4) is 73.3 Å². The van der Waals surface area contributed by atoms with Crippen LogP contribution in [0.5, 0.6) is 5.75 Å². The summed E-state index contributed by atoms with van der Waals surface area (Å²) in [5, 5.41) is 0. The number of hydrogen-bond acceptors (Lipinski definition) is 4. The molecular weight excluding hydrogens is 683 g/mol. The molecule has 0 atom stereocenters. The second kappa shape index (κ2) is 14.1. The summed E-state index contributed by atoms with van der Waals surface area (Å²) in [4.78, 5) is 15.5. The van der Waals surface area contributed by atoms with Gasteiger partial charge in [0.25, 0.3) is 0 Å². The molecule has 8 aromatic carbocycles. The first kappa shape index (κ1) is 33.2. The van der Waals surface area contributed by atoms with Crippen LogP contribution < -0.4 is 4.74 Å². The SMILES string of the molecule is c1ccc(-c2cc(-c3ccccc3)cc(-c3nc(-c4ccccc4)nc(-c4ccc5c(c4)-c4ccccc4C(c4ccccc4)(c4ccccc4)O5)n3)c2)cc1. The zero-order valence-electron chi connectivity index (χ0n) is 30.5. The van der Waals surface area contributed by atoms with E-state index in [0.717, 1.165) is 72.5 Å². The van der Waals surface area contributed by atoms with Crippen LogP contribution in [0.3, 0.4) is 0 Å². The van der Waals surface area contributed by atoms with E-state index < -0.39 is 5.60 Å². The molecule has 0 amide bonds. The van der Waals surface area contributed by atoms with Gasteiger partial charge in [-0.2, -0.15) is 0 Å². The van der Waals surface area contributed by atoms with E-state index in [2.05, 4.69) is 158 Å². The molecule has 0 unspecified atom stereocenters. The van der Waals surface area contributed by atoms with Gasteiger partial charge in [0.05, 0.1) is 0 Å². The Morgan fingerprint density at radius 1 is 0.304 bits per heavy atom. The Labute approximate surface area is 326 Å². The number of benzene rings is 8. The third-order valence-electron chi connectivity index (χ3n) is 10.5. The Morgan fingerprint density at radius 3 is 1.29 bits per heavy atom. The highest BCUT2D eigenvalue weighted by Gasteiger charge is 2.44. The zero-order valence-corrected chi connectivity index (χ0v) is 30.5. The molecule has 1 aromatic heterocycles. The van der Waals surface area contributed by atoms with Gasteiger partial charge in [-0.15, -0.1) is 0 Å². The Balaban J connectivity index is 1.16. The second-order valence-electron chi connectivity index (χ2n) is 14.0. The topological polar surface area (TPSA) is 47.9 Å². The van der Waals surface area contributed by atoms with E-state index in [-0.39, 0.29) is 0 Å². The number of aromatic nitrogens is 3. The van der Waals surface area contributed by atoms with Gasteiger partial charge >= 0.3 is 0 Å². The first-order chi connectivity index (χ1) is 27.7. The van der Waals surface area contributed by atoms with Crippen molar-refractivity contribution < 1.29 is 4.74 Å². The van der Waals surface area contributed by atoms with Crippen molar-refractivity contribution in [3.05, 3.63) is 229 Å². The molecule has 0 spiro atoms. The predicted octanol–water partition coefficient (Wildman–Crippen LogP) is 12.6. The van der Waals surface area contributed by atoms with Gasteiger partial charge in [0.2, 0.25) is 0 Å². The van der Waals surface area contributed by atoms with Crippen LogP contribution >= 0.6 is 0 Å². The Morgan fingerprint density at radius 2 is 0.732 bits per heavy atom. The summed E-state index contributed by atoms with van der Waals surface area (Å²) in [5.41, 5.74) is 11.6. The summed E-state index contributed by atoms with van der Waals surface area (Å²) in [6.07, 6.45) is 0. The number of fused-ring (bicyclic) bond motifs is 3. The molecule has 1 aliphatic rings. The first-order valence-corrected chi connectivity index (χ1v) is 18.9. The summed E-state index contributed by atoms with van der Waals surface area (Å²) in [6, 6.07) is 73.5. The minimum Gasteiger partial charge on any atom is -0.472 e. The van der Waals surface area contributed by atoms with Crippen LogP contribution in [0.15, 0.2) is 212 Å².